The van der Waals surface area contributed by atoms with Gasteiger partial charge in [-0.3, -0.25) is 4.79 Å². The van der Waals surface area contributed by atoms with E-state index in [1.54, 1.807) is 6.20 Å². The number of amides is 1. The molecule has 0 bridgehead atoms. The summed E-state index contributed by atoms with van der Waals surface area (Å²) >= 11 is 0. The van der Waals surface area contributed by atoms with Crippen LogP contribution in [0.25, 0.3) is 0 Å². The van der Waals surface area contributed by atoms with Crippen molar-refractivity contribution in [3.8, 4) is 11.5 Å². The summed E-state index contributed by atoms with van der Waals surface area (Å²) in [4.78, 5) is 14.5. The van der Waals surface area contributed by atoms with Crippen molar-refractivity contribution in [3.63, 3.8) is 0 Å². The van der Waals surface area contributed by atoms with Crippen LogP contribution in [-0.4, -0.2) is 46.7 Å². The Hall–Kier alpha value is -2.47. The number of aromatic nitrogens is 2. The van der Waals surface area contributed by atoms with Crippen LogP contribution < -0.4 is 10.1 Å². The highest BCUT2D eigenvalue weighted by molar-refractivity contribution is 5.78. The molecule has 29 heavy (non-hydrogen) atoms. The number of carbonyl (C=O) groups excluding carboxylic acids is 1. The molecule has 2 aromatic rings. The molecule has 1 N–H and O–H groups in total. The number of likely N-dealkylation sites (tertiary alicyclic amines) is 1. The number of carbonyl (C=O) groups is 1. The molecule has 154 valence electrons. The zero-order valence-electron chi connectivity index (χ0n) is 17.3. The summed E-state index contributed by atoms with van der Waals surface area (Å²) in [6, 6.07) is 10.7. The van der Waals surface area contributed by atoms with Crippen molar-refractivity contribution < 1.29 is 9.53 Å². The van der Waals surface area contributed by atoms with Crippen molar-refractivity contribution in [1.82, 2.24) is 20.4 Å². The van der Waals surface area contributed by atoms with E-state index < -0.39 is 0 Å². The first kappa shape index (κ1) is 19.8. The summed E-state index contributed by atoms with van der Waals surface area (Å²) in [6.07, 6.45) is 6.18. The molecule has 1 saturated heterocycles. The number of hydrogen-bond donors (Lipinski definition) is 1. The molecule has 1 unspecified atom stereocenters. The third-order valence-corrected chi connectivity index (χ3v) is 5.70. The average molecular weight is 395 g/mol. The number of ether oxygens (including phenoxy) is 1. The van der Waals surface area contributed by atoms with Gasteiger partial charge in [-0.25, -0.2) is 0 Å². The van der Waals surface area contributed by atoms with Crippen LogP contribution in [0.5, 0.6) is 11.5 Å². The molecule has 1 amide bonds. The van der Waals surface area contributed by atoms with Crippen LogP contribution >= 0.6 is 0 Å². The molecule has 1 aromatic heterocycles. The second-order valence-corrected chi connectivity index (χ2v) is 8.48. The number of benzene rings is 1. The average Bonchev–Trinajstić information content (AvgIpc) is 3.57. The van der Waals surface area contributed by atoms with E-state index in [4.69, 9.17) is 4.74 Å². The van der Waals surface area contributed by atoms with Gasteiger partial charge >= 0.3 is 0 Å². The summed E-state index contributed by atoms with van der Waals surface area (Å²) in [5, 5.41) is 11.5. The van der Waals surface area contributed by atoms with Gasteiger partial charge in [0.05, 0.1) is 18.4 Å². The topological polar surface area (TPSA) is 67.3 Å². The minimum atomic E-state index is 0.220. The molecule has 1 aromatic carbocycles. The monoisotopic (exact) mass is 394 g/mol. The lowest BCUT2D eigenvalue weighted by atomic mass is 9.90. The SMILES string of the molecule is CC(C)c1cc(Oc2cccc(C3CCCN(C(=O)CNC4CC4)C3)c2)cnn1. The summed E-state index contributed by atoms with van der Waals surface area (Å²) in [7, 11) is 0. The first-order chi connectivity index (χ1) is 14.1. The largest absolute Gasteiger partial charge is 0.456 e. The maximum atomic E-state index is 12.5. The number of hydrogen-bond acceptors (Lipinski definition) is 5. The van der Waals surface area contributed by atoms with Crippen LogP contribution in [0.4, 0.5) is 0 Å². The molecule has 0 spiro atoms. The molecule has 1 saturated carbocycles. The Balaban J connectivity index is 1.41. The van der Waals surface area contributed by atoms with Crippen molar-refractivity contribution in [1.29, 1.82) is 0 Å². The third-order valence-electron chi connectivity index (χ3n) is 5.70. The van der Waals surface area contributed by atoms with E-state index in [0.29, 0.717) is 30.2 Å². The van der Waals surface area contributed by atoms with E-state index >= 15 is 0 Å². The Morgan fingerprint density at radius 2 is 2.10 bits per heavy atom. The molecule has 1 aliphatic carbocycles. The first-order valence-corrected chi connectivity index (χ1v) is 10.7. The van der Waals surface area contributed by atoms with Crippen molar-refractivity contribution in [3.05, 3.63) is 47.8 Å². The Labute approximate surface area is 172 Å². The predicted octanol–water partition coefficient (Wildman–Crippen LogP) is 3.85. The van der Waals surface area contributed by atoms with E-state index in [0.717, 1.165) is 37.4 Å². The fraction of sp³-hybridized carbons (Fsp3) is 0.522. The van der Waals surface area contributed by atoms with Gasteiger partial charge in [0.15, 0.2) is 0 Å². The highest BCUT2D eigenvalue weighted by Crippen LogP contribution is 2.31. The van der Waals surface area contributed by atoms with Crippen LogP contribution in [0.15, 0.2) is 36.5 Å². The van der Waals surface area contributed by atoms with E-state index in [9.17, 15) is 4.79 Å². The normalized spacial score (nSPS) is 19.4. The minimum Gasteiger partial charge on any atom is -0.456 e. The van der Waals surface area contributed by atoms with Gasteiger partial charge in [0.1, 0.15) is 11.5 Å². The summed E-state index contributed by atoms with van der Waals surface area (Å²) in [5.74, 6) is 2.37. The zero-order valence-corrected chi connectivity index (χ0v) is 17.3. The predicted molar refractivity (Wildman–Crippen MR) is 112 cm³/mol. The zero-order chi connectivity index (χ0) is 20.2. The summed E-state index contributed by atoms with van der Waals surface area (Å²) < 4.78 is 6.05. The van der Waals surface area contributed by atoms with Gasteiger partial charge in [-0.1, -0.05) is 26.0 Å². The second-order valence-electron chi connectivity index (χ2n) is 8.48. The fourth-order valence-corrected chi connectivity index (χ4v) is 3.78. The van der Waals surface area contributed by atoms with E-state index in [2.05, 4.69) is 41.5 Å². The molecule has 2 fully saturated rings. The van der Waals surface area contributed by atoms with Crippen LogP contribution in [-0.2, 0) is 4.79 Å². The van der Waals surface area contributed by atoms with Crippen LogP contribution in [0.2, 0.25) is 0 Å². The van der Waals surface area contributed by atoms with Gasteiger partial charge in [-0.2, -0.15) is 10.2 Å². The van der Waals surface area contributed by atoms with Crippen LogP contribution in [0.3, 0.4) is 0 Å². The van der Waals surface area contributed by atoms with Gasteiger partial charge in [-0.05, 0) is 49.3 Å². The molecule has 4 rings (SSSR count). The van der Waals surface area contributed by atoms with Gasteiger partial charge < -0.3 is 15.0 Å². The maximum absolute atomic E-state index is 12.5. The van der Waals surface area contributed by atoms with Gasteiger partial charge in [-0.15, -0.1) is 0 Å². The van der Waals surface area contributed by atoms with E-state index in [-0.39, 0.29) is 5.91 Å². The van der Waals surface area contributed by atoms with E-state index in [1.807, 2.05) is 23.1 Å². The van der Waals surface area contributed by atoms with Gasteiger partial charge in [0, 0.05) is 31.1 Å². The number of piperidine rings is 1. The lowest BCUT2D eigenvalue weighted by Gasteiger charge is -2.33. The third kappa shape index (κ3) is 5.32. The second kappa shape index (κ2) is 8.91. The van der Waals surface area contributed by atoms with E-state index in [1.165, 1.54) is 18.4 Å². The lowest BCUT2D eigenvalue weighted by molar-refractivity contribution is -0.131. The standard InChI is InChI=1S/C23H30N4O2/c1-16(2)22-12-21(13-25-26-22)29-20-7-3-5-17(11-20)18-6-4-10-27(15-18)23(28)14-24-19-8-9-19/h3,5,7,11-13,16,18-19,24H,4,6,8-10,14-15H2,1-2H3. The molecule has 6 nitrogen and oxygen atoms in total. The molecule has 1 aliphatic heterocycles. The minimum absolute atomic E-state index is 0.220. The molecule has 1 atom stereocenters. The van der Waals surface area contributed by atoms with Crippen molar-refractivity contribution >= 4 is 5.91 Å². The molecular weight excluding hydrogens is 364 g/mol. The molecular formula is C23H30N4O2. The highest BCUT2D eigenvalue weighted by atomic mass is 16.5. The number of nitrogens with one attached hydrogen (secondary N) is 1. The molecule has 0 radical (unpaired) electrons. The fourth-order valence-electron chi connectivity index (χ4n) is 3.78. The smallest absolute Gasteiger partial charge is 0.236 e. The Morgan fingerprint density at radius 3 is 2.90 bits per heavy atom. The molecule has 2 aliphatic rings. The Kier molecular flexibility index (Phi) is 6.09. The maximum Gasteiger partial charge on any atom is 0.236 e. The summed E-state index contributed by atoms with van der Waals surface area (Å²) in [5.41, 5.74) is 2.14. The Bertz CT molecular complexity index is 850. The van der Waals surface area contributed by atoms with Gasteiger partial charge in [0.2, 0.25) is 5.91 Å². The van der Waals surface area contributed by atoms with Crippen LogP contribution in [0.1, 0.15) is 62.6 Å². The molecule has 2 heterocycles. The summed E-state index contributed by atoms with van der Waals surface area (Å²) in [6.45, 7) is 6.28. The van der Waals surface area contributed by atoms with Gasteiger partial charge in [0.25, 0.3) is 0 Å². The molecule has 6 heteroatoms. The van der Waals surface area contributed by atoms with Crippen molar-refractivity contribution in [2.75, 3.05) is 19.6 Å². The lowest BCUT2D eigenvalue weighted by Crippen LogP contribution is -2.43. The number of nitrogens with zero attached hydrogens (tertiary/aromatic N) is 3. The Morgan fingerprint density at radius 1 is 1.24 bits per heavy atom. The van der Waals surface area contributed by atoms with Crippen LogP contribution in [0, 0.1) is 0 Å². The first-order valence-electron chi connectivity index (χ1n) is 10.7. The quantitative estimate of drug-likeness (QED) is 0.773. The van der Waals surface area contributed by atoms with Crippen molar-refractivity contribution in [2.24, 2.45) is 0 Å². The van der Waals surface area contributed by atoms with Crippen molar-refractivity contribution in [2.45, 2.75) is 57.4 Å². The highest BCUT2D eigenvalue weighted by Gasteiger charge is 2.27. The number of rotatable bonds is 7.